The highest BCUT2D eigenvalue weighted by Crippen LogP contribution is 2.31. The minimum Gasteiger partial charge on any atom is -0.471 e. The quantitative estimate of drug-likeness (QED) is 0.689. The van der Waals surface area contributed by atoms with Crippen LogP contribution in [0.1, 0.15) is 12.5 Å². The Kier molecular flexibility index (Phi) is 2.19. The third kappa shape index (κ3) is 1.58. The molecule has 0 aromatic heterocycles. The van der Waals surface area contributed by atoms with E-state index in [1.54, 1.807) is 18.2 Å². The molecule has 4 heteroatoms. The first-order valence-corrected chi connectivity index (χ1v) is 4.61. The molecule has 74 valence electrons. The molecule has 0 amide bonds. The van der Waals surface area contributed by atoms with E-state index in [2.05, 4.69) is 17.5 Å². The minimum absolute atomic E-state index is 0.0727. The van der Waals surface area contributed by atoms with Crippen molar-refractivity contribution in [2.75, 3.05) is 5.32 Å². The summed E-state index contributed by atoms with van der Waals surface area (Å²) in [6.45, 7) is 1.87. The average molecular weight is 199 g/mol. The molecule has 0 bridgehead atoms. The van der Waals surface area contributed by atoms with Crippen molar-refractivity contribution < 1.29 is 4.74 Å². The van der Waals surface area contributed by atoms with E-state index in [0.29, 0.717) is 11.3 Å². The molecule has 4 nitrogen and oxygen atoms in total. The Hall–Kier alpha value is -2.20. The number of hydrogen-bond acceptors (Lipinski definition) is 4. The molecular weight excluding hydrogens is 190 g/mol. The topological polar surface area (TPSA) is 68.8 Å². The Morgan fingerprint density at radius 3 is 2.87 bits per heavy atom. The molecular formula is C11H9N3O. The maximum atomic E-state index is 8.82. The second-order valence-electron chi connectivity index (χ2n) is 3.42. The number of nitriles is 2. The second-order valence-corrected chi connectivity index (χ2v) is 3.42. The van der Waals surface area contributed by atoms with Crippen LogP contribution in [0.25, 0.3) is 0 Å². The van der Waals surface area contributed by atoms with Crippen molar-refractivity contribution in [1.29, 1.82) is 10.5 Å². The smallest absolute Gasteiger partial charge is 0.204 e. The van der Waals surface area contributed by atoms with Crippen LogP contribution in [0.2, 0.25) is 0 Å². The Bertz CT molecular complexity index is 470. The third-order valence-corrected chi connectivity index (χ3v) is 2.33. The van der Waals surface area contributed by atoms with E-state index in [4.69, 9.17) is 15.3 Å². The maximum absolute atomic E-state index is 8.82. The molecule has 2 rings (SSSR count). The van der Waals surface area contributed by atoms with E-state index in [0.717, 1.165) is 5.69 Å². The molecule has 0 fully saturated rings. The van der Waals surface area contributed by atoms with E-state index in [1.807, 2.05) is 6.92 Å². The summed E-state index contributed by atoms with van der Waals surface area (Å²) in [4.78, 5) is 0. The summed E-state index contributed by atoms with van der Waals surface area (Å²) in [7, 11) is 0. The van der Waals surface area contributed by atoms with Crippen LogP contribution in [0.5, 0.6) is 5.75 Å². The van der Waals surface area contributed by atoms with Crippen LogP contribution in [0.4, 0.5) is 5.69 Å². The number of fused-ring (bicyclic) bond motifs is 1. The normalized spacial score (nSPS) is 22.6. The first-order chi connectivity index (χ1) is 7.24. The zero-order chi connectivity index (χ0) is 10.8. The van der Waals surface area contributed by atoms with Crippen LogP contribution in [0, 0.1) is 22.7 Å². The van der Waals surface area contributed by atoms with Gasteiger partial charge >= 0.3 is 0 Å². The van der Waals surface area contributed by atoms with Gasteiger partial charge in [-0.15, -0.1) is 0 Å². The van der Waals surface area contributed by atoms with E-state index in [1.165, 1.54) is 0 Å². The van der Waals surface area contributed by atoms with Crippen molar-refractivity contribution in [3.63, 3.8) is 0 Å². The predicted molar refractivity (Wildman–Crippen MR) is 54.3 cm³/mol. The molecule has 1 heterocycles. The van der Waals surface area contributed by atoms with Gasteiger partial charge in [0.1, 0.15) is 11.8 Å². The van der Waals surface area contributed by atoms with Gasteiger partial charge in [-0.2, -0.15) is 10.5 Å². The van der Waals surface area contributed by atoms with Crippen LogP contribution in [-0.2, 0) is 0 Å². The fourth-order valence-corrected chi connectivity index (χ4v) is 1.51. The van der Waals surface area contributed by atoms with Crippen LogP contribution in [-0.4, -0.2) is 12.1 Å². The third-order valence-electron chi connectivity index (χ3n) is 2.33. The Labute approximate surface area is 87.7 Å². The Morgan fingerprint density at radius 1 is 1.40 bits per heavy atom. The van der Waals surface area contributed by atoms with E-state index in [-0.39, 0.29) is 6.04 Å². The van der Waals surface area contributed by atoms with Gasteiger partial charge < -0.3 is 10.1 Å². The molecule has 1 N–H and O–H groups in total. The lowest BCUT2D eigenvalue weighted by atomic mass is 10.1. The van der Waals surface area contributed by atoms with E-state index in [9.17, 15) is 0 Å². The number of hydrogen-bond donors (Lipinski definition) is 1. The number of anilines is 1. The summed E-state index contributed by atoms with van der Waals surface area (Å²) < 4.78 is 5.46. The monoisotopic (exact) mass is 199 g/mol. The first-order valence-electron chi connectivity index (χ1n) is 4.61. The molecule has 2 atom stereocenters. The van der Waals surface area contributed by atoms with Gasteiger partial charge in [0.15, 0.2) is 0 Å². The molecule has 1 aliphatic rings. The highest BCUT2D eigenvalue weighted by Gasteiger charge is 2.25. The first kappa shape index (κ1) is 9.36. The highest BCUT2D eigenvalue weighted by molar-refractivity contribution is 5.62. The van der Waals surface area contributed by atoms with Crippen molar-refractivity contribution in [2.24, 2.45) is 0 Å². The lowest BCUT2D eigenvalue weighted by Gasteiger charge is -2.28. The minimum atomic E-state index is -0.481. The molecule has 1 aliphatic heterocycles. The van der Waals surface area contributed by atoms with Crippen LogP contribution in [0.3, 0.4) is 0 Å². The van der Waals surface area contributed by atoms with Gasteiger partial charge in [0.2, 0.25) is 6.10 Å². The fourth-order valence-electron chi connectivity index (χ4n) is 1.51. The van der Waals surface area contributed by atoms with Gasteiger partial charge in [-0.25, -0.2) is 0 Å². The molecule has 0 aliphatic carbocycles. The van der Waals surface area contributed by atoms with Gasteiger partial charge in [0.05, 0.1) is 23.4 Å². The molecule has 1 aromatic rings. The van der Waals surface area contributed by atoms with Crippen LogP contribution >= 0.6 is 0 Å². The van der Waals surface area contributed by atoms with Gasteiger partial charge in [-0.1, -0.05) is 0 Å². The van der Waals surface area contributed by atoms with Crippen molar-refractivity contribution in [1.82, 2.24) is 0 Å². The number of benzene rings is 1. The average Bonchev–Trinajstić information content (AvgIpc) is 2.27. The summed E-state index contributed by atoms with van der Waals surface area (Å²) in [6, 6.07) is 9.16. The highest BCUT2D eigenvalue weighted by atomic mass is 16.5. The molecule has 15 heavy (non-hydrogen) atoms. The van der Waals surface area contributed by atoms with Crippen molar-refractivity contribution in [2.45, 2.75) is 19.1 Å². The van der Waals surface area contributed by atoms with Crippen LogP contribution < -0.4 is 10.1 Å². The standard InChI is InChI=1S/C11H9N3O/c1-7-11(6-13)15-10-3-2-8(5-12)4-9(10)14-7/h2-4,7,11,14H,1H3. The molecule has 0 radical (unpaired) electrons. The largest absolute Gasteiger partial charge is 0.471 e. The molecule has 0 saturated carbocycles. The zero-order valence-corrected chi connectivity index (χ0v) is 8.19. The summed E-state index contributed by atoms with van der Waals surface area (Å²) in [5.41, 5.74) is 1.35. The Balaban J connectivity index is 2.38. The van der Waals surface area contributed by atoms with E-state index >= 15 is 0 Å². The molecule has 0 spiro atoms. The number of ether oxygens (including phenoxy) is 1. The fraction of sp³-hybridized carbons (Fsp3) is 0.273. The van der Waals surface area contributed by atoms with Crippen molar-refractivity contribution >= 4 is 5.69 Å². The molecule has 0 saturated heterocycles. The number of nitrogens with one attached hydrogen (secondary N) is 1. The maximum Gasteiger partial charge on any atom is 0.204 e. The zero-order valence-electron chi connectivity index (χ0n) is 8.19. The van der Waals surface area contributed by atoms with Crippen molar-refractivity contribution in [3.8, 4) is 17.9 Å². The number of nitrogens with zero attached hydrogens (tertiary/aromatic N) is 2. The van der Waals surface area contributed by atoms with Crippen molar-refractivity contribution in [3.05, 3.63) is 23.8 Å². The number of rotatable bonds is 0. The second kappa shape index (κ2) is 3.51. The molecule has 2 unspecified atom stereocenters. The van der Waals surface area contributed by atoms with Gasteiger partial charge in [0.25, 0.3) is 0 Å². The summed E-state index contributed by atoms with van der Waals surface area (Å²) in [5, 5.41) is 20.7. The lowest BCUT2D eigenvalue weighted by molar-refractivity contribution is 0.227. The van der Waals surface area contributed by atoms with Gasteiger partial charge in [-0.05, 0) is 25.1 Å². The summed E-state index contributed by atoms with van der Waals surface area (Å²) >= 11 is 0. The van der Waals surface area contributed by atoms with Gasteiger partial charge in [0, 0.05) is 0 Å². The summed E-state index contributed by atoms with van der Waals surface area (Å²) in [5.74, 6) is 0.624. The predicted octanol–water partition coefficient (Wildman–Crippen LogP) is 1.64. The van der Waals surface area contributed by atoms with Crippen LogP contribution in [0.15, 0.2) is 18.2 Å². The Morgan fingerprint density at radius 2 is 2.20 bits per heavy atom. The molecule has 1 aromatic carbocycles. The SMILES string of the molecule is CC1Nc2cc(C#N)ccc2OC1C#N. The lowest BCUT2D eigenvalue weighted by Crippen LogP contribution is -2.38. The summed E-state index contributed by atoms with van der Waals surface area (Å²) in [6.07, 6.45) is -0.481. The van der Waals surface area contributed by atoms with E-state index < -0.39 is 6.10 Å². The van der Waals surface area contributed by atoms with Gasteiger partial charge in [-0.3, -0.25) is 0 Å².